The van der Waals surface area contributed by atoms with E-state index in [1.165, 1.54) is 25.4 Å². The van der Waals surface area contributed by atoms with Crippen LogP contribution in [0.1, 0.15) is 16.6 Å². The Hall–Kier alpha value is -1.40. The van der Waals surface area contributed by atoms with Crippen molar-refractivity contribution in [2.75, 3.05) is 13.7 Å². The van der Waals surface area contributed by atoms with Crippen LogP contribution in [0.25, 0.3) is 0 Å². The van der Waals surface area contributed by atoms with Crippen molar-refractivity contribution < 1.29 is 19.4 Å². The van der Waals surface area contributed by atoms with Crippen molar-refractivity contribution in [2.45, 2.75) is 12.5 Å². The van der Waals surface area contributed by atoms with Gasteiger partial charge in [0.05, 0.1) is 18.5 Å². The van der Waals surface area contributed by atoms with E-state index in [2.05, 4.69) is 10.1 Å². The summed E-state index contributed by atoms with van der Waals surface area (Å²) >= 11 is 1.29. The Balaban J connectivity index is 2.52. The Bertz CT molecular complexity index is 372. The van der Waals surface area contributed by atoms with Gasteiger partial charge in [0.2, 0.25) is 0 Å². The van der Waals surface area contributed by atoms with E-state index in [4.69, 9.17) is 0 Å². The van der Waals surface area contributed by atoms with Crippen LogP contribution < -0.4 is 5.32 Å². The standard InChI is InChI=1S/C10H13NO4S/c1-10(14,9(13)15-2)6-11-8(12)7-4-3-5-16-7/h3-5,14H,6H2,1-2H3,(H,11,12). The average Bonchev–Trinajstić information content (AvgIpc) is 2.78. The maximum atomic E-state index is 11.5. The van der Waals surface area contributed by atoms with Gasteiger partial charge in [-0.3, -0.25) is 4.79 Å². The van der Waals surface area contributed by atoms with Crippen LogP contribution in [-0.2, 0) is 9.53 Å². The third-order valence-electron chi connectivity index (χ3n) is 1.96. The first-order valence-corrected chi connectivity index (χ1v) is 5.48. The fraction of sp³-hybridized carbons (Fsp3) is 0.400. The van der Waals surface area contributed by atoms with E-state index < -0.39 is 11.6 Å². The molecular weight excluding hydrogens is 230 g/mol. The zero-order valence-corrected chi connectivity index (χ0v) is 9.84. The van der Waals surface area contributed by atoms with Crippen molar-refractivity contribution in [1.82, 2.24) is 5.32 Å². The van der Waals surface area contributed by atoms with Gasteiger partial charge in [-0.15, -0.1) is 11.3 Å². The summed E-state index contributed by atoms with van der Waals surface area (Å²) in [4.78, 5) is 23.1. The number of esters is 1. The number of thiophene rings is 1. The number of amides is 1. The van der Waals surface area contributed by atoms with Crippen LogP contribution in [0, 0.1) is 0 Å². The Morgan fingerprint density at radius 1 is 1.62 bits per heavy atom. The van der Waals surface area contributed by atoms with Crippen molar-refractivity contribution in [3.05, 3.63) is 22.4 Å². The molecule has 0 fully saturated rings. The molecule has 0 saturated heterocycles. The molecular formula is C10H13NO4S. The Morgan fingerprint density at radius 3 is 2.81 bits per heavy atom. The molecule has 0 aromatic carbocycles. The second-order valence-corrected chi connectivity index (χ2v) is 4.37. The molecule has 0 aliphatic rings. The first-order valence-electron chi connectivity index (χ1n) is 4.60. The number of rotatable bonds is 4. The first kappa shape index (κ1) is 12.7. The molecule has 0 saturated carbocycles. The first-order chi connectivity index (χ1) is 7.47. The van der Waals surface area contributed by atoms with Gasteiger partial charge in [0, 0.05) is 0 Å². The zero-order valence-electron chi connectivity index (χ0n) is 9.02. The molecule has 1 aromatic rings. The second-order valence-electron chi connectivity index (χ2n) is 3.43. The molecule has 16 heavy (non-hydrogen) atoms. The normalized spacial score (nSPS) is 13.9. The summed E-state index contributed by atoms with van der Waals surface area (Å²) < 4.78 is 4.40. The highest BCUT2D eigenvalue weighted by Crippen LogP contribution is 2.09. The SMILES string of the molecule is COC(=O)C(C)(O)CNC(=O)c1cccs1. The highest BCUT2D eigenvalue weighted by Gasteiger charge is 2.31. The lowest BCUT2D eigenvalue weighted by molar-refractivity contribution is -0.159. The molecule has 1 unspecified atom stereocenters. The lowest BCUT2D eigenvalue weighted by Gasteiger charge is -2.20. The maximum absolute atomic E-state index is 11.5. The monoisotopic (exact) mass is 243 g/mol. The lowest BCUT2D eigenvalue weighted by Crippen LogP contribution is -2.47. The fourth-order valence-corrected chi connectivity index (χ4v) is 1.68. The molecule has 0 radical (unpaired) electrons. The molecule has 0 aliphatic heterocycles. The van der Waals surface area contributed by atoms with Gasteiger partial charge < -0.3 is 15.2 Å². The summed E-state index contributed by atoms with van der Waals surface area (Å²) in [5.41, 5.74) is -1.71. The smallest absolute Gasteiger partial charge is 0.339 e. The number of ether oxygens (including phenoxy) is 1. The summed E-state index contributed by atoms with van der Waals surface area (Å²) in [6.07, 6.45) is 0. The minimum Gasteiger partial charge on any atom is -0.467 e. The van der Waals surface area contributed by atoms with Crippen molar-refractivity contribution >= 4 is 23.2 Å². The summed E-state index contributed by atoms with van der Waals surface area (Å²) in [5, 5.41) is 13.9. The van der Waals surface area contributed by atoms with Gasteiger partial charge in [-0.25, -0.2) is 4.79 Å². The van der Waals surface area contributed by atoms with Crippen LogP contribution in [0.2, 0.25) is 0 Å². The molecule has 1 atom stereocenters. The van der Waals surface area contributed by atoms with Gasteiger partial charge in [0.25, 0.3) is 5.91 Å². The predicted octanol–water partition coefficient (Wildman–Crippen LogP) is 0.402. The van der Waals surface area contributed by atoms with Crippen molar-refractivity contribution in [1.29, 1.82) is 0 Å². The second kappa shape index (κ2) is 5.09. The number of methoxy groups -OCH3 is 1. The molecule has 6 heteroatoms. The van der Waals surface area contributed by atoms with E-state index in [1.807, 2.05) is 0 Å². The van der Waals surface area contributed by atoms with E-state index in [9.17, 15) is 14.7 Å². The minimum absolute atomic E-state index is 0.184. The van der Waals surface area contributed by atoms with Gasteiger partial charge in [-0.2, -0.15) is 0 Å². The lowest BCUT2D eigenvalue weighted by atomic mass is 10.1. The van der Waals surface area contributed by atoms with E-state index in [0.29, 0.717) is 4.88 Å². The largest absolute Gasteiger partial charge is 0.467 e. The number of carbonyl (C=O) groups is 2. The van der Waals surface area contributed by atoms with E-state index in [1.54, 1.807) is 17.5 Å². The van der Waals surface area contributed by atoms with Crippen molar-refractivity contribution in [3.8, 4) is 0 Å². The van der Waals surface area contributed by atoms with Crippen LogP contribution in [0.3, 0.4) is 0 Å². The van der Waals surface area contributed by atoms with Crippen LogP contribution in [0.15, 0.2) is 17.5 Å². The van der Waals surface area contributed by atoms with Gasteiger partial charge >= 0.3 is 5.97 Å². The molecule has 1 amide bonds. The maximum Gasteiger partial charge on any atom is 0.339 e. The number of hydrogen-bond acceptors (Lipinski definition) is 5. The Kier molecular flexibility index (Phi) is 4.03. The van der Waals surface area contributed by atoms with Gasteiger partial charge in [0.15, 0.2) is 5.60 Å². The molecule has 0 spiro atoms. The van der Waals surface area contributed by atoms with E-state index in [0.717, 1.165) is 0 Å². The van der Waals surface area contributed by atoms with Crippen molar-refractivity contribution in [3.63, 3.8) is 0 Å². The van der Waals surface area contributed by atoms with Crippen LogP contribution in [0.4, 0.5) is 0 Å². The number of hydrogen-bond donors (Lipinski definition) is 2. The molecule has 1 aromatic heterocycles. The molecule has 0 aliphatic carbocycles. The van der Waals surface area contributed by atoms with E-state index in [-0.39, 0.29) is 12.5 Å². The molecule has 2 N–H and O–H groups in total. The summed E-state index contributed by atoms with van der Waals surface area (Å²) in [5.74, 6) is -1.10. The third kappa shape index (κ3) is 3.04. The highest BCUT2D eigenvalue weighted by atomic mass is 32.1. The van der Waals surface area contributed by atoms with E-state index >= 15 is 0 Å². The number of nitrogens with one attached hydrogen (secondary N) is 1. The molecule has 1 rings (SSSR count). The van der Waals surface area contributed by atoms with Crippen LogP contribution in [0.5, 0.6) is 0 Å². The van der Waals surface area contributed by atoms with Gasteiger partial charge in [-0.1, -0.05) is 6.07 Å². The molecule has 88 valence electrons. The molecule has 0 bridgehead atoms. The quantitative estimate of drug-likeness (QED) is 0.751. The fourth-order valence-electron chi connectivity index (χ4n) is 1.04. The van der Waals surface area contributed by atoms with Crippen LogP contribution >= 0.6 is 11.3 Å². The summed E-state index contributed by atoms with van der Waals surface area (Å²) in [6.45, 7) is 1.10. The Morgan fingerprint density at radius 2 is 2.31 bits per heavy atom. The van der Waals surface area contributed by atoms with Crippen molar-refractivity contribution in [2.24, 2.45) is 0 Å². The number of aliphatic hydroxyl groups is 1. The van der Waals surface area contributed by atoms with Gasteiger partial charge in [-0.05, 0) is 18.4 Å². The highest BCUT2D eigenvalue weighted by molar-refractivity contribution is 7.12. The average molecular weight is 243 g/mol. The number of carbonyl (C=O) groups excluding carboxylic acids is 2. The van der Waals surface area contributed by atoms with Gasteiger partial charge in [0.1, 0.15) is 0 Å². The topological polar surface area (TPSA) is 75.6 Å². The summed E-state index contributed by atoms with van der Waals surface area (Å²) in [6, 6.07) is 3.41. The van der Waals surface area contributed by atoms with Crippen LogP contribution in [-0.4, -0.2) is 36.2 Å². The molecule has 5 nitrogen and oxygen atoms in total. The minimum atomic E-state index is -1.71. The Labute approximate surface area is 97.0 Å². The summed E-state index contributed by atoms with van der Waals surface area (Å²) in [7, 11) is 1.18. The third-order valence-corrected chi connectivity index (χ3v) is 2.83. The zero-order chi connectivity index (χ0) is 12.2. The predicted molar refractivity (Wildman–Crippen MR) is 59.3 cm³/mol. The molecule has 1 heterocycles.